The molecule has 3 aliphatic rings. The van der Waals surface area contributed by atoms with Crippen molar-refractivity contribution in [2.45, 2.75) is 32.6 Å². The van der Waals surface area contributed by atoms with E-state index in [1.165, 1.54) is 12.8 Å². The fourth-order valence-corrected chi connectivity index (χ4v) is 3.96. The lowest BCUT2D eigenvalue weighted by Crippen LogP contribution is -2.55. The molecule has 0 radical (unpaired) electrons. The monoisotopic (exact) mass is 323 g/mol. The molecular weight excluding hydrogens is 294 g/mol. The van der Waals surface area contributed by atoms with E-state index in [0.29, 0.717) is 51.8 Å². The Morgan fingerprint density at radius 2 is 1.48 bits per heavy atom. The molecule has 1 aliphatic carbocycles. The number of rotatable bonds is 3. The first kappa shape index (κ1) is 16.7. The molecule has 0 atom stereocenters. The number of carbonyl (C=O) groups excluding carboxylic acids is 2. The molecule has 3 rings (SSSR count). The summed E-state index contributed by atoms with van der Waals surface area (Å²) in [6.07, 6.45) is 4.37. The maximum atomic E-state index is 12.7. The number of amides is 2. The summed E-state index contributed by atoms with van der Waals surface area (Å²) >= 11 is 0. The first-order valence-electron chi connectivity index (χ1n) is 8.96. The van der Waals surface area contributed by atoms with E-state index in [2.05, 4.69) is 11.8 Å². The third-order valence-electron chi connectivity index (χ3n) is 5.61. The van der Waals surface area contributed by atoms with Crippen LogP contribution in [-0.4, -0.2) is 85.5 Å². The van der Waals surface area contributed by atoms with Gasteiger partial charge in [-0.15, -0.1) is 0 Å². The maximum absolute atomic E-state index is 12.7. The zero-order valence-corrected chi connectivity index (χ0v) is 14.3. The molecule has 23 heavy (non-hydrogen) atoms. The number of piperazine rings is 1. The van der Waals surface area contributed by atoms with Crippen molar-refractivity contribution in [3.63, 3.8) is 0 Å². The van der Waals surface area contributed by atoms with Gasteiger partial charge < -0.3 is 14.5 Å². The molecule has 0 N–H and O–H groups in total. The van der Waals surface area contributed by atoms with E-state index in [1.54, 1.807) is 0 Å². The van der Waals surface area contributed by atoms with Crippen LogP contribution in [0.3, 0.4) is 0 Å². The van der Waals surface area contributed by atoms with Crippen molar-refractivity contribution in [1.29, 1.82) is 0 Å². The Morgan fingerprint density at radius 3 is 2.09 bits per heavy atom. The highest BCUT2D eigenvalue weighted by atomic mass is 16.5. The standard InChI is InChI=1S/C17H29N3O3/c1-17(4-2-3-5-17)16(22)20-8-6-19(7-9-20)15(21)14-18-10-12-23-13-11-18/h2-14H2,1H3. The fraction of sp³-hybridized carbons (Fsp3) is 0.882. The van der Waals surface area contributed by atoms with Crippen LogP contribution in [0.15, 0.2) is 0 Å². The van der Waals surface area contributed by atoms with E-state index in [0.717, 1.165) is 25.9 Å². The quantitative estimate of drug-likeness (QED) is 0.762. The average molecular weight is 323 g/mol. The molecule has 6 nitrogen and oxygen atoms in total. The number of nitrogens with zero attached hydrogens (tertiary/aromatic N) is 3. The predicted molar refractivity (Wildman–Crippen MR) is 87.0 cm³/mol. The third-order valence-corrected chi connectivity index (χ3v) is 5.61. The van der Waals surface area contributed by atoms with Crippen molar-refractivity contribution in [2.24, 2.45) is 5.41 Å². The van der Waals surface area contributed by atoms with E-state index in [1.807, 2.05) is 9.80 Å². The largest absolute Gasteiger partial charge is 0.379 e. The minimum Gasteiger partial charge on any atom is -0.379 e. The Kier molecular flexibility index (Phi) is 5.21. The van der Waals surface area contributed by atoms with Crippen molar-refractivity contribution in [1.82, 2.24) is 14.7 Å². The molecule has 130 valence electrons. The van der Waals surface area contributed by atoms with Crippen LogP contribution >= 0.6 is 0 Å². The molecule has 2 saturated heterocycles. The Balaban J connectivity index is 1.46. The number of carbonyl (C=O) groups is 2. The molecular formula is C17H29N3O3. The first-order chi connectivity index (χ1) is 11.1. The Hall–Kier alpha value is -1.14. The van der Waals surface area contributed by atoms with Gasteiger partial charge in [0.25, 0.3) is 0 Å². The van der Waals surface area contributed by atoms with Crippen molar-refractivity contribution in [2.75, 3.05) is 59.0 Å². The molecule has 3 fully saturated rings. The molecule has 0 spiro atoms. The summed E-state index contributed by atoms with van der Waals surface area (Å²) < 4.78 is 5.31. The van der Waals surface area contributed by atoms with Crippen LogP contribution in [0.5, 0.6) is 0 Å². The van der Waals surface area contributed by atoms with E-state index in [9.17, 15) is 9.59 Å². The molecule has 0 aromatic carbocycles. The van der Waals surface area contributed by atoms with Gasteiger partial charge in [-0.3, -0.25) is 14.5 Å². The van der Waals surface area contributed by atoms with Crippen LogP contribution in [0.2, 0.25) is 0 Å². The molecule has 2 heterocycles. The Bertz CT molecular complexity index is 434. The Morgan fingerprint density at radius 1 is 0.913 bits per heavy atom. The zero-order chi connectivity index (χ0) is 16.3. The summed E-state index contributed by atoms with van der Waals surface area (Å²) in [5, 5.41) is 0. The van der Waals surface area contributed by atoms with Crippen LogP contribution in [0.4, 0.5) is 0 Å². The van der Waals surface area contributed by atoms with E-state index < -0.39 is 0 Å². The van der Waals surface area contributed by atoms with Gasteiger partial charge in [0.2, 0.25) is 11.8 Å². The van der Waals surface area contributed by atoms with Crippen LogP contribution < -0.4 is 0 Å². The molecule has 1 saturated carbocycles. The number of morpholine rings is 1. The van der Waals surface area contributed by atoms with Crippen LogP contribution in [-0.2, 0) is 14.3 Å². The molecule has 6 heteroatoms. The lowest BCUT2D eigenvalue weighted by atomic mass is 9.87. The summed E-state index contributed by atoms with van der Waals surface area (Å²) in [5.74, 6) is 0.487. The second-order valence-electron chi connectivity index (χ2n) is 7.33. The highest BCUT2D eigenvalue weighted by Crippen LogP contribution is 2.39. The smallest absolute Gasteiger partial charge is 0.236 e. The van der Waals surface area contributed by atoms with Crippen LogP contribution in [0.25, 0.3) is 0 Å². The van der Waals surface area contributed by atoms with E-state index in [4.69, 9.17) is 4.74 Å². The average Bonchev–Trinajstić information content (AvgIpc) is 3.03. The number of ether oxygens (including phenoxy) is 1. The van der Waals surface area contributed by atoms with Gasteiger partial charge in [0, 0.05) is 44.7 Å². The SMILES string of the molecule is CC1(C(=O)N2CCN(C(=O)CN3CCOCC3)CC2)CCCC1. The molecule has 2 amide bonds. The van der Waals surface area contributed by atoms with Gasteiger partial charge in [-0.2, -0.15) is 0 Å². The van der Waals surface area contributed by atoms with Crippen molar-refractivity contribution in [3.8, 4) is 0 Å². The normalized spacial score (nSPS) is 25.6. The van der Waals surface area contributed by atoms with Crippen molar-refractivity contribution in [3.05, 3.63) is 0 Å². The molecule has 0 aromatic rings. The minimum absolute atomic E-state index is 0.153. The number of hydrogen-bond acceptors (Lipinski definition) is 4. The first-order valence-corrected chi connectivity index (χ1v) is 8.96. The summed E-state index contributed by atoms with van der Waals surface area (Å²) in [6, 6.07) is 0. The Labute approximate surface area is 138 Å². The van der Waals surface area contributed by atoms with E-state index in [-0.39, 0.29) is 11.3 Å². The number of hydrogen-bond donors (Lipinski definition) is 0. The van der Waals surface area contributed by atoms with Gasteiger partial charge >= 0.3 is 0 Å². The zero-order valence-electron chi connectivity index (χ0n) is 14.3. The van der Waals surface area contributed by atoms with Gasteiger partial charge in [0.1, 0.15) is 0 Å². The van der Waals surface area contributed by atoms with Gasteiger partial charge in [-0.25, -0.2) is 0 Å². The predicted octanol–water partition coefficient (Wildman–Crippen LogP) is 0.570. The van der Waals surface area contributed by atoms with Crippen LogP contribution in [0.1, 0.15) is 32.6 Å². The highest BCUT2D eigenvalue weighted by Gasteiger charge is 2.40. The fourth-order valence-electron chi connectivity index (χ4n) is 3.96. The summed E-state index contributed by atoms with van der Waals surface area (Å²) in [6.45, 7) is 8.41. The van der Waals surface area contributed by atoms with Crippen molar-refractivity contribution < 1.29 is 14.3 Å². The molecule has 2 aliphatic heterocycles. The highest BCUT2D eigenvalue weighted by molar-refractivity contribution is 5.83. The van der Waals surface area contributed by atoms with E-state index >= 15 is 0 Å². The lowest BCUT2D eigenvalue weighted by Gasteiger charge is -2.39. The minimum atomic E-state index is -0.153. The maximum Gasteiger partial charge on any atom is 0.236 e. The van der Waals surface area contributed by atoms with Gasteiger partial charge in [0.15, 0.2) is 0 Å². The lowest BCUT2D eigenvalue weighted by molar-refractivity contribution is -0.146. The topological polar surface area (TPSA) is 53.1 Å². The summed E-state index contributed by atoms with van der Waals surface area (Å²) in [7, 11) is 0. The molecule has 0 unspecified atom stereocenters. The van der Waals surface area contributed by atoms with Crippen LogP contribution in [0, 0.1) is 5.41 Å². The van der Waals surface area contributed by atoms with Gasteiger partial charge in [-0.1, -0.05) is 19.8 Å². The summed E-state index contributed by atoms with van der Waals surface area (Å²) in [5.41, 5.74) is -0.153. The van der Waals surface area contributed by atoms with Crippen molar-refractivity contribution >= 4 is 11.8 Å². The second-order valence-corrected chi connectivity index (χ2v) is 7.33. The second kappa shape index (κ2) is 7.18. The molecule has 0 aromatic heterocycles. The summed E-state index contributed by atoms with van der Waals surface area (Å²) in [4.78, 5) is 31.2. The molecule has 0 bridgehead atoms. The van der Waals surface area contributed by atoms with Gasteiger partial charge in [0.05, 0.1) is 19.8 Å². The van der Waals surface area contributed by atoms with Gasteiger partial charge in [-0.05, 0) is 12.8 Å². The third kappa shape index (κ3) is 3.86.